The Morgan fingerprint density at radius 3 is 2.47 bits per heavy atom. The van der Waals surface area contributed by atoms with Crippen molar-refractivity contribution >= 4 is 10.0 Å². The third-order valence-corrected chi connectivity index (χ3v) is 5.70. The molecule has 2 atom stereocenters. The van der Waals surface area contributed by atoms with Gasteiger partial charge in [-0.3, -0.25) is 4.72 Å². The first kappa shape index (κ1) is 12.7. The van der Waals surface area contributed by atoms with Gasteiger partial charge in [0.05, 0.1) is 5.25 Å². The standard InChI is InChI=1S/C13H21NO2S/c1-4-6-10-9-13(10,3)12(5-2)14-17(15,16)11-7-8-11/h4-6,10-11,14H,7-9H2,1-3H3. The van der Waals surface area contributed by atoms with Crippen molar-refractivity contribution in [1.29, 1.82) is 0 Å². The van der Waals surface area contributed by atoms with Crippen molar-refractivity contribution < 1.29 is 8.42 Å². The van der Waals surface area contributed by atoms with E-state index in [1.54, 1.807) is 0 Å². The van der Waals surface area contributed by atoms with Gasteiger partial charge in [-0.05, 0) is 39.0 Å². The Kier molecular flexibility index (Phi) is 3.10. The minimum Gasteiger partial charge on any atom is -0.287 e. The van der Waals surface area contributed by atoms with Gasteiger partial charge < -0.3 is 0 Å². The van der Waals surface area contributed by atoms with E-state index in [2.05, 4.69) is 17.7 Å². The number of hydrogen-bond acceptors (Lipinski definition) is 2. The summed E-state index contributed by atoms with van der Waals surface area (Å²) in [6.07, 6.45) is 8.75. The summed E-state index contributed by atoms with van der Waals surface area (Å²) < 4.78 is 26.7. The van der Waals surface area contributed by atoms with E-state index in [4.69, 9.17) is 0 Å². The fourth-order valence-corrected chi connectivity index (χ4v) is 3.92. The molecule has 0 spiro atoms. The van der Waals surface area contributed by atoms with Gasteiger partial charge >= 0.3 is 0 Å². The van der Waals surface area contributed by atoms with Crippen molar-refractivity contribution in [2.75, 3.05) is 0 Å². The Morgan fingerprint density at radius 2 is 2.00 bits per heavy atom. The number of hydrogen-bond donors (Lipinski definition) is 1. The van der Waals surface area contributed by atoms with Crippen LogP contribution in [0.5, 0.6) is 0 Å². The molecule has 0 amide bonds. The lowest BCUT2D eigenvalue weighted by atomic mass is 10.0. The fraction of sp³-hybridized carbons (Fsp3) is 0.692. The molecule has 3 nitrogen and oxygen atoms in total. The lowest BCUT2D eigenvalue weighted by Crippen LogP contribution is -2.30. The smallest absolute Gasteiger partial charge is 0.235 e. The van der Waals surface area contributed by atoms with E-state index in [1.165, 1.54) is 0 Å². The lowest BCUT2D eigenvalue weighted by molar-refractivity contribution is 0.564. The van der Waals surface area contributed by atoms with Crippen molar-refractivity contribution in [2.45, 2.75) is 45.3 Å². The van der Waals surface area contributed by atoms with E-state index in [0.29, 0.717) is 5.92 Å². The molecule has 17 heavy (non-hydrogen) atoms. The molecule has 4 heteroatoms. The Balaban J connectivity index is 2.09. The summed E-state index contributed by atoms with van der Waals surface area (Å²) in [5, 5.41) is -0.153. The van der Waals surface area contributed by atoms with Gasteiger partial charge in [-0.25, -0.2) is 8.42 Å². The quantitative estimate of drug-likeness (QED) is 0.767. The monoisotopic (exact) mass is 255 g/mol. The molecular weight excluding hydrogens is 234 g/mol. The molecule has 0 saturated heterocycles. The average molecular weight is 255 g/mol. The van der Waals surface area contributed by atoms with E-state index in [0.717, 1.165) is 25.0 Å². The zero-order valence-electron chi connectivity index (χ0n) is 10.7. The number of nitrogens with one attached hydrogen (secondary N) is 1. The van der Waals surface area contributed by atoms with Crippen molar-refractivity contribution in [1.82, 2.24) is 4.72 Å². The largest absolute Gasteiger partial charge is 0.287 e. The second-order valence-electron chi connectivity index (χ2n) is 5.30. The first-order valence-corrected chi connectivity index (χ1v) is 7.80. The average Bonchev–Trinajstić information content (AvgIpc) is 3.12. The van der Waals surface area contributed by atoms with Gasteiger partial charge in [0, 0.05) is 11.1 Å². The van der Waals surface area contributed by atoms with E-state index in [9.17, 15) is 8.42 Å². The number of allylic oxidation sites excluding steroid dienone is 4. The van der Waals surface area contributed by atoms with Crippen LogP contribution in [-0.4, -0.2) is 13.7 Å². The molecule has 2 rings (SSSR count). The van der Waals surface area contributed by atoms with Crippen molar-refractivity contribution in [2.24, 2.45) is 11.3 Å². The van der Waals surface area contributed by atoms with Gasteiger partial charge in [-0.15, -0.1) is 0 Å². The van der Waals surface area contributed by atoms with E-state index in [1.807, 2.05) is 26.0 Å². The highest BCUT2D eigenvalue weighted by molar-refractivity contribution is 7.90. The van der Waals surface area contributed by atoms with Crippen LogP contribution in [0.25, 0.3) is 0 Å². The summed E-state index contributed by atoms with van der Waals surface area (Å²) in [5.74, 6) is 0.473. The first-order chi connectivity index (χ1) is 7.94. The van der Waals surface area contributed by atoms with Crippen LogP contribution in [-0.2, 0) is 10.0 Å². The molecule has 0 aliphatic heterocycles. The van der Waals surface area contributed by atoms with Gasteiger partial charge in [0.15, 0.2) is 0 Å². The highest BCUT2D eigenvalue weighted by Gasteiger charge is 2.52. The predicted molar refractivity (Wildman–Crippen MR) is 69.9 cm³/mol. The van der Waals surface area contributed by atoms with E-state index < -0.39 is 10.0 Å². The third-order valence-electron chi connectivity index (χ3n) is 3.85. The molecule has 2 fully saturated rings. The molecule has 0 aromatic heterocycles. The summed E-state index contributed by atoms with van der Waals surface area (Å²) in [4.78, 5) is 0. The zero-order chi connectivity index (χ0) is 12.7. The van der Waals surface area contributed by atoms with Gasteiger partial charge in [0.25, 0.3) is 0 Å². The van der Waals surface area contributed by atoms with Crippen LogP contribution >= 0.6 is 0 Å². The zero-order valence-corrected chi connectivity index (χ0v) is 11.5. The van der Waals surface area contributed by atoms with Crippen LogP contribution in [0.4, 0.5) is 0 Å². The molecule has 2 unspecified atom stereocenters. The van der Waals surface area contributed by atoms with Gasteiger partial charge in [0.2, 0.25) is 10.0 Å². The molecule has 2 aliphatic carbocycles. The second-order valence-corrected chi connectivity index (χ2v) is 7.26. The summed E-state index contributed by atoms with van der Waals surface area (Å²) in [7, 11) is -3.12. The van der Waals surface area contributed by atoms with E-state index in [-0.39, 0.29) is 10.7 Å². The van der Waals surface area contributed by atoms with Crippen LogP contribution < -0.4 is 4.72 Å². The van der Waals surface area contributed by atoms with Crippen LogP contribution in [0.2, 0.25) is 0 Å². The van der Waals surface area contributed by atoms with Crippen LogP contribution in [0, 0.1) is 11.3 Å². The third kappa shape index (κ3) is 2.41. The molecule has 0 heterocycles. The molecule has 1 N–H and O–H groups in total. The second kappa shape index (κ2) is 4.16. The topological polar surface area (TPSA) is 46.2 Å². The summed E-state index contributed by atoms with van der Waals surface area (Å²) in [5.41, 5.74) is 0.857. The summed E-state index contributed by atoms with van der Waals surface area (Å²) in [6, 6.07) is 0. The molecular formula is C13H21NO2S. The van der Waals surface area contributed by atoms with E-state index >= 15 is 0 Å². The Bertz CT molecular complexity index is 460. The van der Waals surface area contributed by atoms with Gasteiger partial charge in [-0.1, -0.05) is 25.2 Å². The molecule has 2 saturated carbocycles. The highest BCUT2D eigenvalue weighted by Crippen LogP contribution is 2.57. The molecule has 96 valence electrons. The number of rotatable bonds is 5. The minimum absolute atomic E-state index is 0.0107. The SMILES string of the molecule is CC=CC1CC1(C)C(=CC)NS(=O)(=O)C1CC1. The maximum absolute atomic E-state index is 11.9. The molecule has 0 aromatic carbocycles. The molecule has 0 aromatic rings. The van der Waals surface area contributed by atoms with Crippen LogP contribution in [0.1, 0.15) is 40.0 Å². The van der Waals surface area contributed by atoms with Crippen molar-refractivity contribution in [3.05, 3.63) is 23.9 Å². The lowest BCUT2D eigenvalue weighted by Gasteiger charge is -2.17. The molecule has 2 aliphatic rings. The van der Waals surface area contributed by atoms with Gasteiger partial charge in [0.1, 0.15) is 0 Å². The van der Waals surface area contributed by atoms with Crippen LogP contribution in [0.3, 0.4) is 0 Å². The van der Waals surface area contributed by atoms with Crippen molar-refractivity contribution in [3.8, 4) is 0 Å². The maximum atomic E-state index is 11.9. The highest BCUT2D eigenvalue weighted by atomic mass is 32.2. The Hall–Kier alpha value is -0.770. The van der Waals surface area contributed by atoms with Crippen LogP contribution in [0.15, 0.2) is 23.9 Å². The predicted octanol–water partition coefficient (Wildman–Crippen LogP) is 2.57. The minimum atomic E-state index is -3.12. The summed E-state index contributed by atoms with van der Waals surface area (Å²) >= 11 is 0. The fourth-order valence-electron chi connectivity index (χ4n) is 2.34. The maximum Gasteiger partial charge on any atom is 0.235 e. The first-order valence-electron chi connectivity index (χ1n) is 6.25. The Labute approximate surface area is 104 Å². The molecule has 0 radical (unpaired) electrons. The van der Waals surface area contributed by atoms with Crippen molar-refractivity contribution in [3.63, 3.8) is 0 Å². The van der Waals surface area contributed by atoms with Gasteiger partial charge in [-0.2, -0.15) is 0 Å². The normalized spacial score (nSPS) is 34.1. The Morgan fingerprint density at radius 1 is 1.35 bits per heavy atom. The number of sulfonamides is 1. The summed E-state index contributed by atoms with van der Waals surface area (Å²) in [6.45, 7) is 6.03. The molecule has 0 bridgehead atoms.